The van der Waals surface area contributed by atoms with Crippen molar-refractivity contribution < 1.29 is 8.42 Å². The standard InChI is InChI=1S/C8H14BrN3O2S/c1-5(4-9)12-15(13,14)8-6(2)10-11-7(8)3/h5,12H,4H2,1-3H3,(H,10,11). The van der Waals surface area contributed by atoms with Crippen molar-refractivity contribution in [2.24, 2.45) is 0 Å². The van der Waals surface area contributed by atoms with Crippen molar-refractivity contribution in [1.82, 2.24) is 14.9 Å². The van der Waals surface area contributed by atoms with E-state index in [0.717, 1.165) is 0 Å². The lowest BCUT2D eigenvalue weighted by Crippen LogP contribution is -2.34. The van der Waals surface area contributed by atoms with Crippen LogP contribution in [0.2, 0.25) is 0 Å². The van der Waals surface area contributed by atoms with Crippen LogP contribution >= 0.6 is 15.9 Å². The molecule has 0 fully saturated rings. The summed E-state index contributed by atoms with van der Waals surface area (Å²) in [7, 11) is -3.46. The zero-order chi connectivity index (χ0) is 11.6. The number of aryl methyl sites for hydroxylation is 2. The first-order valence-electron chi connectivity index (χ1n) is 4.48. The van der Waals surface area contributed by atoms with Gasteiger partial charge < -0.3 is 0 Å². The second kappa shape index (κ2) is 4.63. The lowest BCUT2D eigenvalue weighted by atomic mass is 10.4. The van der Waals surface area contributed by atoms with E-state index in [-0.39, 0.29) is 10.9 Å². The number of nitrogens with zero attached hydrogens (tertiary/aromatic N) is 1. The van der Waals surface area contributed by atoms with E-state index in [9.17, 15) is 8.42 Å². The van der Waals surface area contributed by atoms with E-state index in [4.69, 9.17) is 0 Å². The first-order chi connectivity index (χ1) is 6.88. The first kappa shape index (κ1) is 12.7. The molecule has 0 amide bonds. The number of alkyl halides is 1. The van der Waals surface area contributed by atoms with Gasteiger partial charge in [-0.3, -0.25) is 5.10 Å². The summed E-state index contributed by atoms with van der Waals surface area (Å²) in [4.78, 5) is 0.246. The van der Waals surface area contributed by atoms with Gasteiger partial charge in [0.1, 0.15) is 4.90 Å². The minimum absolute atomic E-state index is 0.149. The molecule has 1 heterocycles. The number of halogens is 1. The van der Waals surface area contributed by atoms with Gasteiger partial charge in [0.2, 0.25) is 10.0 Å². The number of nitrogens with one attached hydrogen (secondary N) is 2. The quantitative estimate of drug-likeness (QED) is 0.817. The zero-order valence-corrected chi connectivity index (χ0v) is 11.2. The van der Waals surface area contributed by atoms with Crippen LogP contribution in [-0.4, -0.2) is 30.0 Å². The molecular weight excluding hydrogens is 282 g/mol. The monoisotopic (exact) mass is 295 g/mol. The Balaban J connectivity index is 3.07. The lowest BCUT2D eigenvalue weighted by molar-refractivity contribution is 0.570. The number of aromatic amines is 1. The number of hydrogen-bond acceptors (Lipinski definition) is 3. The largest absolute Gasteiger partial charge is 0.281 e. The van der Waals surface area contributed by atoms with Gasteiger partial charge in [-0.2, -0.15) is 5.10 Å². The summed E-state index contributed by atoms with van der Waals surface area (Å²) in [5.74, 6) is 0. The number of sulfonamides is 1. The minimum atomic E-state index is -3.46. The highest BCUT2D eigenvalue weighted by Crippen LogP contribution is 2.16. The van der Waals surface area contributed by atoms with Crippen molar-refractivity contribution in [3.63, 3.8) is 0 Å². The van der Waals surface area contributed by atoms with Crippen molar-refractivity contribution in [3.8, 4) is 0 Å². The van der Waals surface area contributed by atoms with Crippen molar-refractivity contribution in [1.29, 1.82) is 0 Å². The third kappa shape index (κ3) is 2.79. The van der Waals surface area contributed by atoms with Crippen LogP contribution in [0.1, 0.15) is 18.3 Å². The molecule has 0 bridgehead atoms. The summed E-state index contributed by atoms with van der Waals surface area (Å²) in [6.45, 7) is 5.14. The van der Waals surface area contributed by atoms with E-state index in [2.05, 4.69) is 30.8 Å². The molecule has 15 heavy (non-hydrogen) atoms. The minimum Gasteiger partial charge on any atom is -0.281 e. The smallest absolute Gasteiger partial charge is 0.244 e. The molecule has 1 aromatic heterocycles. The van der Waals surface area contributed by atoms with Gasteiger partial charge in [0.25, 0.3) is 0 Å². The predicted octanol–water partition coefficient (Wildman–Crippen LogP) is 1.09. The van der Waals surface area contributed by atoms with Crippen LogP contribution in [-0.2, 0) is 10.0 Å². The molecule has 1 rings (SSSR count). The van der Waals surface area contributed by atoms with Crippen molar-refractivity contribution >= 4 is 26.0 Å². The number of rotatable bonds is 4. The Morgan fingerprint density at radius 2 is 2.13 bits per heavy atom. The summed E-state index contributed by atoms with van der Waals surface area (Å²) >= 11 is 3.22. The molecule has 0 aliphatic heterocycles. The second-order valence-electron chi connectivity index (χ2n) is 3.44. The highest BCUT2D eigenvalue weighted by Gasteiger charge is 2.23. The van der Waals surface area contributed by atoms with Gasteiger partial charge in [-0.1, -0.05) is 15.9 Å². The van der Waals surface area contributed by atoms with E-state index in [1.165, 1.54) is 0 Å². The third-order valence-corrected chi connectivity index (χ3v) is 4.74. The first-order valence-corrected chi connectivity index (χ1v) is 7.08. The van der Waals surface area contributed by atoms with Crippen molar-refractivity contribution in [2.75, 3.05) is 5.33 Å². The highest BCUT2D eigenvalue weighted by atomic mass is 79.9. The average molecular weight is 296 g/mol. The van der Waals surface area contributed by atoms with Crippen LogP contribution in [0.15, 0.2) is 4.90 Å². The Morgan fingerprint density at radius 3 is 2.53 bits per heavy atom. The fraction of sp³-hybridized carbons (Fsp3) is 0.625. The Hall–Kier alpha value is -0.400. The van der Waals surface area contributed by atoms with Gasteiger partial charge >= 0.3 is 0 Å². The molecule has 5 nitrogen and oxygen atoms in total. The summed E-state index contributed by atoms with van der Waals surface area (Å²) in [6, 6.07) is -0.149. The molecule has 7 heteroatoms. The van der Waals surface area contributed by atoms with E-state index in [1.54, 1.807) is 20.8 Å². The van der Waals surface area contributed by atoms with Crippen molar-refractivity contribution in [2.45, 2.75) is 31.7 Å². The van der Waals surface area contributed by atoms with Crippen LogP contribution in [0.4, 0.5) is 0 Å². The maximum atomic E-state index is 11.9. The van der Waals surface area contributed by atoms with Crippen LogP contribution in [0.25, 0.3) is 0 Å². The van der Waals surface area contributed by atoms with Crippen LogP contribution in [0.5, 0.6) is 0 Å². The highest BCUT2D eigenvalue weighted by molar-refractivity contribution is 9.09. The molecule has 0 saturated heterocycles. The maximum Gasteiger partial charge on any atom is 0.244 e. The Bertz CT molecular complexity index is 421. The van der Waals surface area contributed by atoms with Gasteiger partial charge in [-0.15, -0.1) is 0 Å². The molecule has 2 N–H and O–H groups in total. The Kier molecular flexibility index (Phi) is 3.91. The molecular formula is C8H14BrN3O2S. The SMILES string of the molecule is Cc1n[nH]c(C)c1S(=O)(=O)NC(C)CBr. The molecule has 1 aromatic rings. The topological polar surface area (TPSA) is 74.8 Å². The van der Waals surface area contributed by atoms with Gasteiger partial charge in [0.05, 0.1) is 11.4 Å². The van der Waals surface area contributed by atoms with E-state index in [1.807, 2.05) is 0 Å². The van der Waals surface area contributed by atoms with Gasteiger partial charge in [0.15, 0.2) is 0 Å². The van der Waals surface area contributed by atoms with Crippen LogP contribution < -0.4 is 4.72 Å². The zero-order valence-electron chi connectivity index (χ0n) is 8.83. The van der Waals surface area contributed by atoms with Gasteiger partial charge in [-0.25, -0.2) is 13.1 Å². The molecule has 1 unspecified atom stereocenters. The summed E-state index contributed by atoms with van der Waals surface area (Å²) in [5, 5.41) is 7.08. The number of H-pyrrole nitrogens is 1. The lowest BCUT2D eigenvalue weighted by Gasteiger charge is -2.11. The molecule has 1 atom stereocenters. The van der Waals surface area contributed by atoms with E-state index in [0.29, 0.717) is 16.7 Å². The molecule has 0 aromatic carbocycles. The second-order valence-corrected chi connectivity index (χ2v) is 5.74. The Labute approximate surface area is 97.8 Å². The molecule has 0 aliphatic carbocycles. The summed E-state index contributed by atoms with van der Waals surface area (Å²) in [6.07, 6.45) is 0. The van der Waals surface area contributed by atoms with Crippen molar-refractivity contribution in [3.05, 3.63) is 11.4 Å². The Morgan fingerprint density at radius 1 is 1.53 bits per heavy atom. The average Bonchev–Trinajstić information content (AvgIpc) is 2.45. The fourth-order valence-corrected chi connectivity index (χ4v) is 3.28. The van der Waals surface area contributed by atoms with Gasteiger partial charge in [0, 0.05) is 11.4 Å². The normalized spacial score (nSPS) is 14.1. The third-order valence-electron chi connectivity index (χ3n) is 1.92. The molecule has 0 aliphatic rings. The number of aromatic nitrogens is 2. The molecule has 0 spiro atoms. The van der Waals surface area contributed by atoms with Crippen LogP contribution in [0.3, 0.4) is 0 Å². The summed E-state index contributed by atoms with van der Waals surface area (Å²) in [5.41, 5.74) is 1.04. The maximum absolute atomic E-state index is 11.9. The molecule has 0 saturated carbocycles. The number of hydrogen-bond donors (Lipinski definition) is 2. The van der Waals surface area contributed by atoms with Gasteiger partial charge in [-0.05, 0) is 20.8 Å². The van der Waals surface area contributed by atoms with E-state index < -0.39 is 10.0 Å². The molecule has 86 valence electrons. The van der Waals surface area contributed by atoms with E-state index >= 15 is 0 Å². The molecule has 0 radical (unpaired) electrons. The van der Waals surface area contributed by atoms with Crippen LogP contribution in [0, 0.1) is 13.8 Å². The summed E-state index contributed by atoms with van der Waals surface area (Å²) < 4.78 is 26.4. The predicted molar refractivity (Wildman–Crippen MR) is 61.6 cm³/mol. The fourth-order valence-electron chi connectivity index (χ4n) is 1.29.